The number of nitrogens with zero attached hydrogens (tertiary/aromatic N) is 2. The van der Waals surface area contributed by atoms with Crippen molar-refractivity contribution >= 4 is 17.0 Å². The number of aryl methyl sites for hydroxylation is 1. The molecule has 0 fully saturated rings. The third-order valence-electron chi connectivity index (χ3n) is 4.57. The van der Waals surface area contributed by atoms with E-state index in [0.717, 1.165) is 5.01 Å². The van der Waals surface area contributed by atoms with E-state index in [9.17, 15) is 0 Å². The molecule has 2 heterocycles. The van der Waals surface area contributed by atoms with Crippen LogP contribution >= 0.6 is 11.3 Å². The minimum absolute atomic E-state index is 1.12. The van der Waals surface area contributed by atoms with E-state index in [1.165, 1.54) is 74.7 Å². The molecule has 1 aromatic carbocycles. The van der Waals surface area contributed by atoms with Gasteiger partial charge in [-0.15, -0.1) is 11.3 Å². The van der Waals surface area contributed by atoms with Crippen molar-refractivity contribution in [2.75, 3.05) is 18.5 Å². The fourth-order valence-corrected chi connectivity index (χ4v) is 3.77. The molecule has 0 spiro atoms. The number of rotatable bonds is 6. The Kier molecular flexibility index (Phi) is 8.31. The van der Waals surface area contributed by atoms with E-state index >= 15 is 0 Å². The predicted molar refractivity (Wildman–Crippen MR) is 108 cm³/mol. The van der Waals surface area contributed by atoms with Crippen LogP contribution in [0.4, 0.5) is 5.69 Å². The van der Waals surface area contributed by atoms with Crippen molar-refractivity contribution in [2.24, 2.45) is 0 Å². The van der Waals surface area contributed by atoms with Gasteiger partial charge in [0.25, 0.3) is 0 Å². The smallest absolute Gasteiger partial charge is 0.123 e. The molecule has 3 rings (SSSR count). The Bertz CT molecular complexity index is 572. The molecule has 0 aliphatic carbocycles. The van der Waals surface area contributed by atoms with E-state index in [2.05, 4.69) is 49.0 Å². The maximum absolute atomic E-state index is 4.36. The summed E-state index contributed by atoms with van der Waals surface area (Å²) >= 11 is 1.70. The summed E-state index contributed by atoms with van der Waals surface area (Å²) in [6.07, 6.45) is 12.8. The first-order chi connectivity index (χ1) is 11.8. The second-order valence-electron chi connectivity index (χ2n) is 6.62. The zero-order valence-corrected chi connectivity index (χ0v) is 16.4. The largest absolute Gasteiger partial charge is 0.374 e. The summed E-state index contributed by atoms with van der Waals surface area (Å²) in [5, 5.41) is 3.15. The molecular weight excluding hydrogens is 312 g/mol. The Balaban J connectivity index is 0.000000224. The molecule has 0 N–H and O–H groups in total. The Morgan fingerprint density at radius 2 is 1.83 bits per heavy atom. The Morgan fingerprint density at radius 1 is 1.08 bits per heavy atom. The van der Waals surface area contributed by atoms with Crippen molar-refractivity contribution in [3.63, 3.8) is 0 Å². The molecule has 0 unspecified atom stereocenters. The summed E-state index contributed by atoms with van der Waals surface area (Å²) in [5.41, 5.74) is 4.09. The van der Waals surface area contributed by atoms with Crippen molar-refractivity contribution in [1.82, 2.24) is 4.98 Å². The van der Waals surface area contributed by atoms with Gasteiger partial charge < -0.3 is 4.90 Å². The van der Waals surface area contributed by atoms with E-state index in [0.29, 0.717) is 0 Å². The SMILES string of the molecule is CCCCCCCC.CN1CCCc2cc(-c3nccs3)ccc21. The zero-order chi connectivity index (χ0) is 17.2. The van der Waals surface area contributed by atoms with Crippen molar-refractivity contribution in [3.05, 3.63) is 35.3 Å². The molecule has 1 aromatic heterocycles. The lowest BCUT2D eigenvalue weighted by Crippen LogP contribution is -2.24. The van der Waals surface area contributed by atoms with Crippen LogP contribution in [0, 0.1) is 0 Å². The molecule has 1 aliphatic heterocycles. The Morgan fingerprint density at radius 3 is 2.46 bits per heavy atom. The number of hydrogen-bond donors (Lipinski definition) is 0. The van der Waals surface area contributed by atoms with Gasteiger partial charge in [0.1, 0.15) is 5.01 Å². The summed E-state index contributed by atoms with van der Waals surface area (Å²) < 4.78 is 0. The molecule has 24 heavy (non-hydrogen) atoms. The van der Waals surface area contributed by atoms with Crippen molar-refractivity contribution in [1.29, 1.82) is 0 Å². The highest BCUT2D eigenvalue weighted by Gasteiger charge is 2.14. The minimum atomic E-state index is 1.12. The molecule has 2 nitrogen and oxygen atoms in total. The topological polar surface area (TPSA) is 16.1 Å². The normalized spacial score (nSPS) is 13.2. The quantitative estimate of drug-likeness (QED) is 0.552. The molecule has 0 saturated heterocycles. The Hall–Kier alpha value is -1.35. The minimum Gasteiger partial charge on any atom is -0.374 e. The lowest BCUT2D eigenvalue weighted by Gasteiger charge is -2.27. The number of hydrogen-bond acceptors (Lipinski definition) is 3. The van der Waals surface area contributed by atoms with E-state index in [1.807, 2.05) is 11.6 Å². The van der Waals surface area contributed by atoms with Crippen LogP contribution in [0.2, 0.25) is 0 Å². The highest BCUT2D eigenvalue weighted by atomic mass is 32.1. The predicted octanol–water partition coefficient (Wildman–Crippen LogP) is 6.56. The molecular formula is C21H32N2S. The van der Waals surface area contributed by atoms with Gasteiger partial charge in [0, 0.05) is 36.4 Å². The van der Waals surface area contributed by atoms with Gasteiger partial charge in [0.15, 0.2) is 0 Å². The zero-order valence-electron chi connectivity index (χ0n) is 15.6. The van der Waals surface area contributed by atoms with Crippen molar-refractivity contribution in [2.45, 2.75) is 65.2 Å². The lowest BCUT2D eigenvalue weighted by atomic mass is 10.00. The summed E-state index contributed by atoms with van der Waals surface area (Å²) in [6, 6.07) is 6.70. The maximum Gasteiger partial charge on any atom is 0.123 e. The second-order valence-corrected chi connectivity index (χ2v) is 7.51. The van der Waals surface area contributed by atoms with E-state index in [1.54, 1.807) is 11.3 Å². The van der Waals surface area contributed by atoms with Gasteiger partial charge in [-0.3, -0.25) is 0 Å². The van der Waals surface area contributed by atoms with Gasteiger partial charge in [-0.25, -0.2) is 4.98 Å². The number of thiazole rings is 1. The molecule has 0 atom stereocenters. The third kappa shape index (κ3) is 5.62. The number of aromatic nitrogens is 1. The first kappa shape index (κ1) is 19.0. The molecule has 0 bridgehead atoms. The van der Waals surface area contributed by atoms with Crippen molar-refractivity contribution < 1.29 is 0 Å². The highest BCUT2D eigenvalue weighted by molar-refractivity contribution is 7.13. The molecule has 0 radical (unpaired) electrons. The van der Waals surface area contributed by atoms with Gasteiger partial charge in [-0.05, 0) is 36.6 Å². The number of benzene rings is 1. The summed E-state index contributed by atoms with van der Waals surface area (Å²) in [5.74, 6) is 0. The lowest BCUT2D eigenvalue weighted by molar-refractivity contribution is 0.624. The average Bonchev–Trinajstić information content (AvgIpc) is 3.14. The molecule has 0 saturated carbocycles. The van der Waals surface area contributed by atoms with Gasteiger partial charge in [0.2, 0.25) is 0 Å². The van der Waals surface area contributed by atoms with Crippen LogP contribution in [-0.2, 0) is 6.42 Å². The van der Waals surface area contributed by atoms with Gasteiger partial charge in [-0.2, -0.15) is 0 Å². The van der Waals surface area contributed by atoms with Crippen LogP contribution in [-0.4, -0.2) is 18.6 Å². The fourth-order valence-electron chi connectivity index (χ4n) is 3.14. The standard InChI is InChI=1S/C13H14N2S.C8H18/c1-15-7-2-3-10-9-11(4-5-12(10)15)13-14-6-8-16-13;1-3-5-7-8-6-4-2/h4-6,8-9H,2-3,7H2,1H3;3-8H2,1-2H3. The van der Waals surface area contributed by atoms with Crippen LogP contribution in [0.3, 0.4) is 0 Å². The number of anilines is 1. The number of unbranched alkanes of at least 4 members (excludes halogenated alkanes) is 5. The van der Waals surface area contributed by atoms with Crippen molar-refractivity contribution in [3.8, 4) is 10.6 Å². The van der Waals surface area contributed by atoms with Crippen LogP contribution in [0.15, 0.2) is 29.8 Å². The molecule has 3 heteroatoms. The van der Waals surface area contributed by atoms with Gasteiger partial charge >= 0.3 is 0 Å². The second kappa shape index (κ2) is 10.5. The Labute approximate surface area is 151 Å². The van der Waals surface area contributed by atoms with E-state index in [-0.39, 0.29) is 0 Å². The molecule has 2 aromatic rings. The third-order valence-corrected chi connectivity index (χ3v) is 5.39. The summed E-state index contributed by atoms with van der Waals surface area (Å²) in [6.45, 7) is 5.68. The maximum atomic E-state index is 4.36. The van der Waals surface area contributed by atoms with Crippen LogP contribution < -0.4 is 4.90 Å². The average molecular weight is 345 g/mol. The van der Waals surface area contributed by atoms with Gasteiger partial charge in [-0.1, -0.05) is 52.4 Å². The first-order valence-corrected chi connectivity index (χ1v) is 10.4. The monoisotopic (exact) mass is 344 g/mol. The van der Waals surface area contributed by atoms with Crippen LogP contribution in [0.1, 0.15) is 64.4 Å². The highest BCUT2D eigenvalue weighted by Crippen LogP contribution is 2.31. The summed E-state index contributed by atoms with van der Waals surface area (Å²) in [4.78, 5) is 6.70. The van der Waals surface area contributed by atoms with E-state index in [4.69, 9.17) is 0 Å². The van der Waals surface area contributed by atoms with Crippen LogP contribution in [0.5, 0.6) is 0 Å². The summed E-state index contributed by atoms with van der Waals surface area (Å²) in [7, 11) is 2.17. The molecule has 132 valence electrons. The van der Waals surface area contributed by atoms with E-state index < -0.39 is 0 Å². The van der Waals surface area contributed by atoms with Gasteiger partial charge in [0.05, 0.1) is 0 Å². The van der Waals surface area contributed by atoms with Crippen LogP contribution in [0.25, 0.3) is 10.6 Å². The molecule has 1 aliphatic rings. The number of fused-ring (bicyclic) bond motifs is 1. The first-order valence-electron chi connectivity index (χ1n) is 9.50. The fraction of sp³-hybridized carbons (Fsp3) is 0.571. The molecule has 0 amide bonds.